The highest BCUT2D eigenvalue weighted by Gasteiger charge is 2.26. The zero-order valence-electron chi connectivity index (χ0n) is 10.5. The second-order valence-electron chi connectivity index (χ2n) is 4.33. The number of carbonyl (C=O) groups is 1. The summed E-state index contributed by atoms with van der Waals surface area (Å²) >= 11 is 0. The fourth-order valence-electron chi connectivity index (χ4n) is 2.04. The van der Waals surface area contributed by atoms with Gasteiger partial charge >= 0.3 is 0 Å². The van der Waals surface area contributed by atoms with Crippen molar-refractivity contribution < 1.29 is 14.3 Å². The summed E-state index contributed by atoms with van der Waals surface area (Å²) in [6, 6.07) is 1.89. The van der Waals surface area contributed by atoms with Gasteiger partial charge in [0.1, 0.15) is 6.10 Å². The van der Waals surface area contributed by atoms with E-state index in [0.29, 0.717) is 26.2 Å². The van der Waals surface area contributed by atoms with Crippen LogP contribution in [0.5, 0.6) is 0 Å². The highest BCUT2D eigenvalue weighted by Crippen LogP contribution is 2.10. The lowest BCUT2D eigenvalue weighted by molar-refractivity contribution is -0.125. The lowest BCUT2D eigenvalue weighted by Crippen LogP contribution is -2.49. The molecule has 6 nitrogen and oxygen atoms in total. The first-order chi connectivity index (χ1) is 8.79. The maximum atomic E-state index is 11.8. The SMILES string of the molecule is CO[C@@H]1COCC[C@H]1NC(=O)CCn1cccn1. The van der Waals surface area contributed by atoms with Crippen molar-refractivity contribution in [3.63, 3.8) is 0 Å². The molecule has 0 aliphatic carbocycles. The van der Waals surface area contributed by atoms with Crippen LogP contribution in [-0.4, -0.2) is 48.2 Å². The molecule has 1 aliphatic heterocycles. The topological polar surface area (TPSA) is 65.4 Å². The van der Waals surface area contributed by atoms with Gasteiger partial charge in [0, 0.05) is 39.1 Å². The van der Waals surface area contributed by atoms with Crippen LogP contribution >= 0.6 is 0 Å². The van der Waals surface area contributed by atoms with Crippen molar-refractivity contribution in [2.24, 2.45) is 0 Å². The lowest BCUT2D eigenvalue weighted by Gasteiger charge is -2.31. The van der Waals surface area contributed by atoms with Crippen molar-refractivity contribution in [3.8, 4) is 0 Å². The van der Waals surface area contributed by atoms with Crippen LogP contribution in [-0.2, 0) is 20.8 Å². The molecule has 0 unspecified atom stereocenters. The fraction of sp³-hybridized carbons (Fsp3) is 0.667. The van der Waals surface area contributed by atoms with Gasteiger partial charge in [0.2, 0.25) is 5.91 Å². The predicted octanol–water partition coefficient (Wildman–Crippen LogP) is 0.193. The number of carbonyl (C=O) groups excluding carboxylic acids is 1. The Morgan fingerprint density at radius 2 is 2.56 bits per heavy atom. The molecule has 0 spiro atoms. The molecule has 2 atom stereocenters. The number of ether oxygens (including phenoxy) is 2. The number of hydrogen-bond donors (Lipinski definition) is 1. The third-order valence-corrected chi connectivity index (χ3v) is 3.08. The molecular formula is C12H19N3O3. The Morgan fingerprint density at radius 3 is 3.28 bits per heavy atom. The standard InChI is InChI=1S/C12H19N3O3/c1-17-11-9-18-8-4-10(11)14-12(16)3-7-15-6-2-5-13-15/h2,5-6,10-11H,3-4,7-9H2,1H3,(H,14,16)/t10-,11-/m1/s1. The molecule has 0 saturated carbocycles. The average Bonchev–Trinajstić information content (AvgIpc) is 2.90. The molecule has 2 rings (SSSR count). The number of amides is 1. The third-order valence-electron chi connectivity index (χ3n) is 3.08. The molecule has 6 heteroatoms. The molecular weight excluding hydrogens is 234 g/mol. The number of methoxy groups -OCH3 is 1. The first-order valence-corrected chi connectivity index (χ1v) is 6.17. The summed E-state index contributed by atoms with van der Waals surface area (Å²) in [6.07, 6.45) is 4.73. The molecule has 2 heterocycles. The van der Waals surface area contributed by atoms with Crippen LogP contribution in [0.1, 0.15) is 12.8 Å². The van der Waals surface area contributed by atoms with Crippen molar-refractivity contribution in [3.05, 3.63) is 18.5 Å². The summed E-state index contributed by atoms with van der Waals surface area (Å²) in [7, 11) is 1.64. The molecule has 1 saturated heterocycles. The minimum absolute atomic E-state index is 0.0273. The van der Waals surface area contributed by atoms with Crippen LogP contribution in [0, 0.1) is 0 Å². The van der Waals surface area contributed by atoms with Crippen molar-refractivity contribution >= 4 is 5.91 Å². The maximum Gasteiger partial charge on any atom is 0.222 e. The molecule has 1 aromatic rings. The van der Waals surface area contributed by atoms with Crippen LogP contribution in [0.25, 0.3) is 0 Å². The van der Waals surface area contributed by atoms with Crippen molar-refractivity contribution in [2.75, 3.05) is 20.3 Å². The van der Waals surface area contributed by atoms with Crippen molar-refractivity contribution in [1.29, 1.82) is 0 Å². The quantitative estimate of drug-likeness (QED) is 0.813. The molecule has 1 amide bonds. The van der Waals surface area contributed by atoms with Gasteiger partial charge < -0.3 is 14.8 Å². The molecule has 0 aromatic carbocycles. The lowest BCUT2D eigenvalue weighted by atomic mass is 10.1. The maximum absolute atomic E-state index is 11.8. The molecule has 18 heavy (non-hydrogen) atoms. The van der Waals surface area contributed by atoms with Crippen LogP contribution < -0.4 is 5.32 Å². The predicted molar refractivity (Wildman–Crippen MR) is 65.0 cm³/mol. The number of nitrogens with one attached hydrogen (secondary N) is 1. The molecule has 0 radical (unpaired) electrons. The van der Waals surface area contributed by atoms with E-state index in [0.717, 1.165) is 6.42 Å². The number of nitrogens with zero attached hydrogens (tertiary/aromatic N) is 2. The zero-order chi connectivity index (χ0) is 12.8. The van der Waals surface area contributed by atoms with E-state index in [2.05, 4.69) is 10.4 Å². The van der Waals surface area contributed by atoms with Crippen LogP contribution in [0.2, 0.25) is 0 Å². The van der Waals surface area contributed by atoms with E-state index in [1.54, 1.807) is 18.0 Å². The normalized spacial score (nSPS) is 23.8. The van der Waals surface area contributed by atoms with Crippen molar-refractivity contribution in [2.45, 2.75) is 31.5 Å². The van der Waals surface area contributed by atoms with Gasteiger partial charge in [-0.25, -0.2) is 0 Å². The van der Waals surface area contributed by atoms with Gasteiger partial charge in [0.25, 0.3) is 0 Å². The van der Waals surface area contributed by atoms with Gasteiger partial charge in [-0.15, -0.1) is 0 Å². The first-order valence-electron chi connectivity index (χ1n) is 6.17. The molecule has 1 fully saturated rings. The van der Waals surface area contributed by atoms with Crippen molar-refractivity contribution in [1.82, 2.24) is 15.1 Å². The van der Waals surface area contributed by atoms with E-state index in [9.17, 15) is 4.79 Å². The van der Waals surface area contributed by atoms with E-state index in [1.807, 2.05) is 12.3 Å². The minimum atomic E-state index is -0.0487. The van der Waals surface area contributed by atoms with Gasteiger partial charge in [-0.3, -0.25) is 9.48 Å². The van der Waals surface area contributed by atoms with E-state index in [4.69, 9.17) is 9.47 Å². The Bertz CT molecular complexity index is 367. The first kappa shape index (κ1) is 13.0. The van der Waals surface area contributed by atoms with Crippen LogP contribution in [0.4, 0.5) is 0 Å². The summed E-state index contributed by atoms with van der Waals surface area (Å²) in [5.41, 5.74) is 0. The second kappa shape index (κ2) is 6.51. The highest BCUT2D eigenvalue weighted by atomic mass is 16.5. The molecule has 1 aromatic heterocycles. The Hall–Kier alpha value is -1.40. The number of hydrogen-bond acceptors (Lipinski definition) is 4. The summed E-state index contributed by atoms with van der Waals surface area (Å²) in [5.74, 6) is 0.0273. The fourth-order valence-corrected chi connectivity index (χ4v) is 2.04. The van der Waals surface area contributed by atoms with Crippen LogP contribution in [0.3, 0.4) is 0 Å². The van der Waals surface area contributed by atoms with E-state index in [1.165, 1.54) is 0 Å². The highest BCUT2D eigenvalue weighted by molar-refractivity contribution is 5.76. The average molecular weight is 253 g/mol. The second-order valence-corrected chi connectivity index (χ2v) is 4.33. The summed E-state index contributed by atoms with van der Waals surface area (Å²) in [4.78, 5) is 11.8. The number of aromatic nitrogens is 2. The Labute approximate surface area is 106 Å². The number of rotatable bonds is 5. The number of aryl methyl sites for hydroxylation is 1. The molecule has 0 bridgehead atoms. The summed E-state index contributed by atoms with van der Waals surface area (Å²) < 4.78 is 12.4. The minimum Gasteiger partial charge on any atom is -0.379 e. The van der Waals surface area contributed by atoms with E-state index >= 15 is 0 Å². The summed E-state index contributed by atoms with van der Waals surface area (Å²) in [5, 5.41) is 7.06. The summed E-state index contributed by atoms with van der Waals surface area (Å²) in [6.45, 7) is 1.81. The Balaban J connectivity index is 1.75. The van der Waals surface area contributed by atoms with Gasteiger partial charge in [-0.1, -0.05) is 0 Å². The Kier molecular flexibility index (Phi) is 4.72. The van der Waals surface area contributed by atoms with Gasteiger partial charge in [-0.2, -0.15) is 5.10 Å². The van der Waals surface area contributed by atoms with Crippen LogP contribution in [0.15, 0.2) is 18.5 Å². The van der Waals surface area contributed by atoms with Gasteiger partial charge in [0.15, 0.2) is 0 Å². The molecule has 1 N–H and O–H groups in total. The smallest absolute Gasteiger partial charge is 0.222 e. The third kappa shape index (κ3) is 3.54. The van der Waals surface area contributed by atoms with E-state index in [-0.39, 0.29) is 18.1 Å². The molecule has 1 aliphatic rings. The van der Waals surface area contributed by atoms with E-state index < -0.39 is 0 Å². The monoisotopic (exact) mass is 253 g/mol. The van der Waals surface area contributed by atoms with Gasteiger partial charge in [0.05, 0.1) is 12.6 Å². The Morgan fingerprint density at radius 1 is 1.67 bits per heavy atom. The largest absolute Gasteiger partial charge is 0.379 e. The molecule has 100 valence electrons. The zero-order valence-corrected chi connectivity index (χ0v) is 10.5. The van der Waals surface area contributed by atoms with Gasteiger partial charge in [-0.05, 0) is 12.5 Å².